The molecule has 4 nitrogen and oxygen atoms in total. The number of anilines is 1. The number of furan rings is 1. The number of carbonyl (C=O) groups is 1. The van der Waals surface area contributed by atoms with E-state index in [0.29, 0.717) is 6.54 Å². The van der Waals surface area contributed by atoms with E-state index in [1.165, 1.54) is 13.4 Å². The predicted molar refractivity (Wildman–Crippen MR) is 76.3 cm³/mol. The fourth-order valence-corrected chi connectivity index (χ4v) is 2.10. The molecule has 0 atom stereocenters. The molecule has 1 heterocycles. The van der Waals surface area contributed by atoms with Crippen molar-refractivity contribution in [2.24, 2.45) is 0 Å². The van der Waals surface area contributed by atoms with Gasteiger partial charge in [-0.2, -0.15) is 0 Å². The molecule has 0 bridgehead atoms. The molecular weight excluding hydrogens is 310 g/mol. The maximum absolute atomic E-state index is 11.5. The molecule has 0 radical (unpaired) electrons. The predicted octanol–water partition coefficient (Wildman–Crippen LogP) is 3.75. The standard InChI is InChI=1S/C14H14BrNO3/c1-9-3-4-11(15)12(7-9)16-8-10-5-6-19-13(10)14(17)18-2/h3-7,16H,8H2,1-2H3. The van der Waals surface area contributed by atoms with Crippen molar-refractivity contribution < 1.29 is 13.9 Å². The summed E-state index contributed by atoms with van der Waals surface area (Å²) in [5.74, 6) is -0.233. The number of benzene rings is 1. The number of ether oxygens (including phenoxy) is 1. The van der Waals surface area contributed by atoms with Crippen molar-refractivity contribution >= 4 is 27.6 Å². The maximum Gasteiger partial charge on any atom is 0.374 e. The Bertz CT molecular complexity index is 592. The van der Waals surface area contributed by atoms with Crippen LogP contribution < -0.4 is 5.32 Å². The highest BCUT2D eigenvalue weighted by atomic mass is 79.9. The molecule has 0 spiro atoms. The molecule has 1 aromatic heterocycles. The fourth-order valence-electron chi connectivity index (χ4n) is 1.71. The molecule has 0 saturated carbocycles. The summed E-state index contributed by atoms with van der Waals surface area (Å²) in [6.07, 6.45) is 1.48. The second-order valence-electron chi connectivity index (χ2n) is 4.10. The summed E-state index contributed by atoms with van der Waals surface area (Å²) < 4.78 is 10.8. The molecule has 2 rings (SSSR count). The Balaban J connectivity index is 2.13. The first-order chi connectivity index (χ1) is 9.11. The zero-order chi connectivity index (χ0) is 13.8. The van der Waals surface area contributed by atoms with Gasteiger partial charge in [-0.15, -0.1) is 0 Å². The Kier molecular flexibility index (Phi) is 4.27. The van der Waals surface area contributed by atoms with Gasteiger partial charge in [0.2, 0.25) is 5.76 Å². The van der Waals surface area contributed by atoms with E-state index in [0.717, 1.165) is 21.3 Å². The molecule has 2 aromatic rings. The van der Waals surface area contributed by atoms with Crippen molar-refractivity contribution in [2.45, 2.75) is 13.5 Å². The van der Waals surface area contributed by atoms with E-state index >= 15 is 0 Å². The smallest absolute Gasteiger partial charge is 0.374 e. The number of hydrogen-bond acceptors (Lipinski definition) is 4. The highest BCUT2D eigenvalue weighted by molar-refractivity contribution is 9.10. The van der Waals surface area contributed by atoms with Crippen molar-refractivity contribution in [3.63, 3.8) is 0 Å². The quantitative estimate of drug-likeness (QED) is 0.870. The average molecular weight is 324 g/mol. The Hall–Kier alpha value is -1.75. The lowest BCUT2D eigenvalue weighted by atomic mass is 10.2. The minimum absolute atomic E-state index is 0.235. The molecule has 0 aliphatic heterocycles. The van der Waals surface area contributed by atoms with Gasteiger partial charge in [-0.05, 0) is 46.6 Å². The molecule has 19 heavy (non-hydrogen) atoms. The molecule has 0 fully saturated rings. The lowest BCUT2D eigenvalue weighted by Gasteiger charge is -2.09. The number of hydrogen-bond donors (Lipinski definition) is 1. The Morgan fingerprint density at radius 1 is 1.42 bits per heavy atom. The monoisotopic (exact) mass is 323 g/mol. The number of methoxy groups -OCH3 is 1. The highest BCUT2D eigenvalue weighted by Gasteiger charge is 2.15. The van der Waals surface area contributed by atoms with Crippen LogP contribution in [0.2, 0.25) is 0 Å². The van der Waals surface area contributed by atoms with Crippen LogP contribution in [0.3, 0.4) is 0 Å². The van der Waals surface area contributed by atoms with E-state index < -0.39 is 5.97 Å². The second-order valence-corrected chi connectivity index (χ2v) is 4.96. The number of rotatable bonds is 4. The summed E-state index contributed by atoms with van der Waals surface area (Å²) in [7, 11) is 1.33. The van der Waals surface area contributed by atoms with E-state index in [2.05, 4.69) is 26.0 Å². The molecule has 0 amide bonds. The van der Waals surface area contributed by atoms with Crippen molar-refractivity contribution in [1.82, 2.24) is 0 Å². The van der Waals surface area contributed by atoms with E-state index in [4.69, 9.17) is 4.42 Å². The van der Waals surface area contributed by atoms with Crippen LogP contribution in [0.25, 0.3) is 0 Å². The lowest BCUT2D eigenvalue weighted by molar-refractivity contribution is 0.0563. The normalized spacial score (nSPS) is 10.3. The minimum Gasteiger partial charge on any atom is -0.463 e. The fraction of sp³-hybridized carbons (Fsp3) is 0.214. The third kappa shape index (κ3) is 3.17. The maximum atomic E-state index is 11.5. The van der Waals surface area contributed by atoms with Crippen LogP contribution in [-0.2, 0) is 11.3 Å². The van der Waals surface area contributed by atoms with Crippen LogP contribution in [0.15, 0.2) is 39.4 Å². The third-order valence-corrected chi connectivity index (χ3v) is 3.40. The number of esters is 1. The lowest BCUT2D eigenvalue weighted by Crippen LogP contribution is -2.07. The van der Waals surface area contributed by atoms with Crippen molar-refractivity contribution in [2.75, 3.05) is 12.4 Å². The van der Waals surface area contributed by atoms with Gasteiger partial charge < -0.3 is 14.5 Å². The van der Waals surface area contributed by atoms with Crippen molar-refractivity contribution in [3.8, 4) is 0 Å². The molecule has 0 aliphatic rings. The summed E-state index contributed by atoms with van der Waals surface area (Å²) in [6.45, 7) is 2.51. The first-order valence-electron chi connectivity index (χ1n) is 5.76. The van der Waals surface area contributed by atoms with Gasteiger partial charge >= 0.3 is 5.97 Å². The molecule has 1 N–H and O–H groups in total. The molecule has 0 unspecified atom stereocenters. The van der Waals surface area contributed by atoms with Gasteiger partial charge in [0, 0.05) is 22.3 Å². The molecule has 0 saturated heterocycles. The van der Waals surface area contributed by atoms with Gasteiger partial charge in [-0.25, -0.2) is 4.79 Å². The largest absolute Gasteiger partial charge is 0.463 e. The number of nitrogens with one attached hydrogen (secondary N) is 1. The SMILES string of the molecule is COC(=O)c1occc1CNc1cc(C)ccc1Br. The van der Waals surface area contributed by atoms with Crippen LogP contribution in [0.5, 0.6) is 0 Å². The van der Waals surface area contributed by atoms with Crippen LogP contribution in [0.4, 0.5) is 5.69 Å². The minimum atomic E-state index is -0.467. The number of aryl methyl sites for hydroxylation is 1. The number of carbonyl (C=O) groups excluding carboxylic acids is 1. The molecule has 5 heteroatoms. The zero-order valence-electron chi connectivity index (χ0n) is 10.7. The summed E-state index contributed by atoms with van der Waals surface area (Å²) in [4.78, 5) is 11.5. The molecular formula is C14H14BrNO3. The van der Waals surface area contributed by atoms with E-state index in [-0.39, 0.29) is 5.76 Å². The summed E-state index contributed by atoms with van der Waals surface area (Å²) in [5.41, 5.74) is 2.89. The van der Waals surface area contributed by atoms with Crippen LogP contribution in [0.1, 0.15) is 21.7 Å². The molecule has 0 aliphatic carbocycles. The van der Waals surface area contributed by atoms with Gasteiger partial charge in [0.25, 0.3) is 0 Å². The van der Waals surface area contributed by atoms with Gasteiger partial charge in [-0.3, -0.25) is 0 Å². The Morgan fingerprint density at radius 2 is 2.21 bits per heavy atom. The third-order valence-electron chi connectivity index (χ3n) is 2.71. The Morgan fingerprint density at radius 3 is 2.95 bits per heavy atom. The summed E-state index contributed by atoms with van der Waals surface area (Å²) in [5, 5.41) is 3.26. The first kappa shape index (κ1) is 13.7. The topological polar surface area (TPSA) is 51.5 Å². The highest BCUT2D eigenvalue weighted by Crippen LogP contribution is 2.24. The Labute approximate surface area is 119 Å². The van der Waals surface area contributed by atoms with Crippen LogP contribution in [0, 0.1) is 6.92 Å². The summed E-state index contributed by atoms with van der Waals surface area (Å²) in [6, 6.07) is 7.78. The molecule has 1 aromatic carbocycles. The van der Waals surface area contributed by atoms with Gasteiger partial charge in [0.05, 0.1) is 13.4 Å². The van der Waals surface area contributed by atoms with Gasteiger partial charge in [-0.1, -0.05) is 6.07 Å². The summed E-state index contributed by atoms with van der Waals surface area (Å²) >= 11 is 3.48. The molecule has 100 valence electrons. The average Bonchev–Trinajstić information content (AvgIpc) is 2.87. The second kappa shape index (κ2) is 5.93. The van der Waals surface area contributed by atoms with Gasteiger partial charge in [0.15, 0.2) is 0 Å². The zero-order valence-corrected chi connectivity index (χ0v) is 12.3. The van der Waals surface area contributed by atoms with Crippen molar-refractivity contribution in [3.05, 3.63) is 51.9 Å². The van der Waals surface area contributed by atoms with Crippen molar-refractivity contribution in [1.29, 1.82) is 0 Å². The van der Waals surface area contributed by atoms with E-state index in [1.54, 1.807) is 6.07 Å². The first-order valence-corrected chi connectivity index (χ1v) is 6.56. The number of halogens is 1. The van der Waals surface area contributed by atoms with E-state index in [1.807, 2.05) is 25.1 Å². The van der Waals surface area contributed by atoms with E-state index in [9.17, 15) is 4.79 Å². The van der Waals surface area contributed by atoms with Crippen LogP contribution >= 0.6 is 15.9 Å². The van der Waals surface area contributed by atoms with Crippen LogP contribution in [-0.4, -0.2) is 13.1 Å². The van der Waals surface area contributed by atoms with Gasteiger partial charge in [0.1, 0.15) is 0 Å².